The normalized spacial score (nSPS) is 10.1. The molecule has 1 heterocycles. The first-order valence-electron chi connectivity index (χ1n) is 5.09. The molecule has 0 fully saturated rings. The minimum absolute atomic E-state index is 0.473. The quantitative estimate of drug-likeness (QED) is 0.836. The molecule has 0 atom stereocenters. The fourth-order valence-electron chi connectivity index (χ4n) is 1.63. The lowest BCUT2D eigenvalue weighted by molar-refractivity contribution is 0.401. The van der Waals surface area contributed by atoms with E-state index in [1.54, 1.807) is 7.11 Å². The Morgan fingerprint density at radius 3 is 2.56 bits per heavy atom. The second-order valence-corrected chi connectivity index (χ2v) is 3.61. The van der Waals surface area contributed by atoms with E-state index in [0.29, 0.717) is 11.6 Å². The Balaban J connectivity index is 2.53. The molecule has 0 saturated heterocycles. The van der Waals surface area contributed by atoms with Crippen LogP contribution >= 0.6 is 0 Å². The second-order valence-electron chi connectivity index (χ2n) is 3.61. The number of hydrogen-bond acceptors (Lipinski definition) is 3. The number of benzene rings is 1. The maximum Gasteiger partial charge on any atom is 0.237 e. The molecule has 3 nitrogen and oxygen atoms in total. The largest absolute Gasteiger partial charge is 0.480 e. The van der Waals surface area contributed by atoms with Gasteiger partial charge in [-0.3, -0.25) is 0 Å². The summed E-state index contributed by atoms with van der Waals surface area (Å²) in [7, 11) is 1.57. The van der Waals surface area contributed by atoms with Crippen LogP contribution in [0.4, 0.5) is 5.69 Å². The van der Waals surface area contributed by atoms with Gasteiger partial charge in [0.15, 0.2) is 0 Å². The molecule has 0 aliphatic heterocycles. The summed E-state index contributed by atoms with van der Waals surface area (Å²) >= 11 is 0. The Hall–Kier alpha value is -2.03. The first kappa shape index (κ1) is 10.5. The number of ether oxygens (including phenoxy) is 1. The number of rotatable bonds is 2. The van der Waals surface area contributed by atoms with Crippen molar-refractivity contribution in [1.29, 1.82) is 0 Å². The zero-order chi connectivity index (χ0) is 11.5. The summed E-state index contributed by atoms with van der Waals surface area (Å²) in [5.41, 5.74) is 9.44. The number of pyridine rings is 1. The number of nitrogens with zero attached hydrogens (tertiary/aromatic N) is 1. The fraction of sp³-hybridized carbons (Fsp3) is 0.154. The lowest BCUT2D eigenvalue weighted by Gasteiger charge is -2.08. The van der Waals surface area contributed by atoms with Gasteiger partial charge < -0.3 is 10.5 Å². The molecular formula is C13H14N2O. The molecule has 2 N–H and O–H groups in total. The molecule has 16 heavy (non-hydrogen) atoms. The molecule has 3 heteroatoms. The highest BCUT2D eigenvalue weighted by Gasteiger charge is 2.06. The van der Waals surface area contributed by atoms with Gasteiger partial charge in [-0.05, 0) is 24.6 Å². The van der Waals surface area contributed by atoms with Crippen LogP contribution < -0.4 is 10.5 Å². The average Bonchev–Trinajstić information content (AvgIpc) is 2.31. The van der Waals surface area contributed by atoms with E-state index in [-0.39, 0.29) is 0 Å². The number of aromatic nitrogens is 1. The van der Waals surface area contributed by atoms with Gasteiger partial charge in [0.25, 0.3) is 0 Å². The molecule has 0 unspecified atom stereocenters. The van der Waals surface area contributed by atoms with E-state index in [0.717, 1.165) is 11.3 Å². The van der Waals surface area contributed by atoms with Crippen molar-refractivity contribution >= 4 is 5.69 Å². The van der Waals surface area contributed by atoms with Gasteiger partial charge >= 0.3 is 0 Å². The molecule has 0 radical (unpaired) electrons. The second kappa shape index (κ2) is 4.23. The fourth-order valence-corrected chi connectivity index (χ4v) is 1.63. The minimum atomic E-state index is 0.473. The van der Waals surface area contributed by atoms with Gasteiger partial charge in [-0.2, -0.15) is 0 Å². The van der Waals surface area contributed by atoms with Crippen molar-refractivity contribution in [3.05, 3.63) is 42.0 Å². The Morgan fingerprint density at radius 2 is 1.88 bits per heavy atom. The summed E-state index contributed by atoms with van der Waals surface area (Å²) in [6.45, 7) is 2.06. The smallest absolute Gasteiger partial charge is 0.237 e. The summed E-state index contributed by atoms with van der Waals surface area (Å²) in [6, 6.07) is 11.8. The van der Waals surface area contributed by atoms with Crippen LogP contribution in [0, 0.1) is 6.92 Å². The van der Waals surface area contributed by atoms with E-state index in [1.165, 1.54) is 5.56 Å². The summed E-state index contributed by atoms with van der Waals surface area (Å²) in [4.78, 5) is 4.37. The Labute approximate surface area is 94.9 Å². The van der Waals surface area contributed by atoms with Gasteiger partial charge in [0, 0.05) is 5.56 Å². The summed E-state index contributed by atoms with van der Waals surface area (Å²) in [5.74, 6) is 0.473. The van der Waals surface area contributed by atoms with E-state index in [2.05, 4.69) is 18.0 Å². The molecular weight excluding hydrogens is 200 g/mol. The van der Waals surface area contributed by atoms with Crippen molar-refractivity contribution in [1.82, 2.24) is 4.98 Å². The number of nitrogen functional groups attached to an aromatic ring is 1. The van der Waals surface area contributed by atoms with Crippen LogP contribution in [0.3, 0.4) is 0 Å². The third-order valence-corrected chi connectivity index (χ3v) is 2.50. The number of aryl methyl sites for hydroxylation is 1. The van der Waals surface area contributed by atoms with Gasteiger partial charge in [-0.1, -0.05) is 24.3 Å². The van der Waals surface area contributed by atoms with Gasteiger partial charge in [0.1, 0.15) is 0 Å². The molecule has 0 saturated carbocycles. The molecule has 0 aliphatic rings. The molecule has 2 rings (SSSR count). The molecule has 1 aromatic carbocycles. The highest BCUT2D eigenvalue weighted by Crippen LogP contribution is 2.26. The van der Waals surface area contributed by atoms with Crippen molar-refractivity contribution in [3.8, 4) is 17.1 Å². The molecule has 0 bridgehead atoms. The first-order chi connectivity index (χ1) is 7.72. The first-order valence-corrected chi connectivity index (χ1v) is 5.09. The lowest BCUT2D eigenvalue weighted by atomic mass is 10.1. The zero-order valence-electron chi connectivity index (χ0n) is 9.40. The highest BCUT2D eigenvalue weighted by atomic mass is 16.5. The van der Waals surface area contributed by atoms with Crippen molar-refractivity contribution < 1.29 is 4.74 Å². The Morgan fingerprint density at radius 1 is 1.12 bits per heavy atom. The predicted octanol–water partition coefficient (Wildman–Crippen LogP) is 2.65. The van der Waals surface area contributed by atoms with Crippen molar-refractivity contribution in [2.24, 2.45) is 0 Å². The number of nitrogens with two attached hydrogens (primary N) is 1. The molecule has 1 aromatic heterocycles. The van der Waals surface area contributed by atoms with Crippen molar-refractivity contribution in [3.63, 3.8) is 0 Å². The van der Waals surface area contributed by atoms with E-state index < -0.39 is 0 Å². The highest BCUT2D eigenvalue weighted by molar-refractivity contribution is 5.66. The maximum absolute atomic E-state index is 5.73. The zero-order valence-corrected chi connectivity index (χ0v) is 9.40. The van der Waals surface area contributed by atoms with Crippen LogP contribution in [0.1, 0.15) is 5.56 Å². The monoisotopic (exact) mass is 214 g/mol. The third-order valence-electron chi connectivity index (χ3n) is 2.50. The Bertz CT molecular complexity index is 509. The Kier molecular flexibility index (Phi) is 2.77. The van der Waals surface area contributed by atoms with E-state index in [9.17, 15) is 0 Å². The number of methoxy groups -OCH3 is 1. The predicted molar refractivity (Wildman–Crippen MR) is 65.4 cm³/mol. The molecule has 2 aromatic rings. The molecule has 0 spiro atoms. The van der Waals surface area contributed by atoms with E-state index >= 15 is 0 Å². The van der Waals surface area contributed by atoms with Crippen LogP contribution in [0.2, 0.25) is 0 Å². The summed E-state index contributed by atoms with van der Waals surface area (Å²) in [6.07, 6.45) is 0. The molecule has 0 amide bonds. The van der Waals surface area contributed by atoms with Crippen LogP contribution in [0.15, 0.2) is 36.4 Å². The van der Waals surface area contributed by atoms with Crippen LogP contribution in [0.5, 0.6) is 5.88 Å². The van der Waals surface area contributed by atoms with Gasteiger partial charge in [-0.15, -0.1) is 0 Å². The van der Waals surface area contributed by atoms with Gasteiger partial charge in [0.2, 0.25) is 5.88 Å². The lowest BCUT2D eigenvalue weighted by Crippen LogP contribution is -1.97. The van der Waals surface area contributed by atoms with Crippen LogP contribution in [-0.2, 0) is 0 Å². The maximum atomic E-state index is 5.73. The van der Waals surface area contributed by atoms with Crippen LogP contribution in [0.25, 0.3) is 11.3 Å². The van der Waals surface area contributed by atoms with E-state index in [4.69, 9.17) is 10.5 Å². The number of anilines is 1. The van der Waals surface area contributed by atoms with Crippen LogP contribution in [-0.4, -0.2) is 12.1 Å². The van der Waals surface area contributed by atoms with Crippen molar-refractivity contribution in [2.45, 2.75) is 6.92 Å². The number of hydrogen-bond donors (Lipinski definition) is 1. The van der Waals surface area contributed by atoms with Gasteiger partial charge in [0.05, 0.1) is 18.5 Å². The van der Waals surface area contributed by atoms with E-state index in [1.807, 2.05) is 30.3 Å². The SMILES string of the molecule is COc1nc(-c2ccccc2C)ccc1N. The average molecular weight is 214 g/mol. The topological polar surface area (TPSA) is 48.1 Å². The minimum Gasteiger partial charge on any atom is -0.480 e. The summed E-state index contributed by atoms with van der Waals surface area (Å²) in [5, 5.41) is 0. The summed E-state index contributed by atoms with van der Waals surface area (Å²) < 4.78 is 5.11. The third kappa shape index (κ3) is 1.84. The molecule has 82 valence electrons. The standard InChI is InChI=1S/C13H14N2O/c1-9-5-3-4-6-10(9)12-8-7-11(14)13(15-12)16-2/h3-8H,14H2,1-2H3. The van der Waals surface area contributed by atoms with Crippen molar-refractivity contribution in [2.75, 3.05) is 12.8 Å². The molecule has 0 aliphatic carbocycles. The van der Waals surface area contributed by atoms with Gasteiger partial charge in [-0.25, -0.2) is 4.98 Å².